The van der Waals surface area contributed by atoms with Gasteiger partial charge in [-0.2, -0.15) is 0 Å². The molecule has 0 atom stereocenters. The van der Waals surface area contributed by atoms with Crippen LogP contribution in [-0.2, 0) is 17.6 Å². The van der Waals surface area contributed by atoms with Gasteiger partial charge in [-0.1, -0.05) is 84.9 Å². The van der Waals surface area contributed by atoms with Gasteiger partial charge in [0, 0.05) is 25.3 Å². The fourth-order valence-electron chi connectivity index (χ4n) is 4.38. The van der Waals surface area contributed by atoms with Crippen molar-refractivity contribution in [3.05, 3.63) is 130 Å². The predicted octanol–water partition coefficient (Wildman–Crippen LogP) is 5.56. The molecule has 162 valence electrons. The lowest BCUT2D eigenvalue weighted by Gasteiger charge is -2.19. The summed E-state index contributed by atoms with van der Waals surface area (Å²) in [6.07, 6.45) is 0.906. The van der Waals surface area contributed by atoms with Gasteiger partial charge in [-0.25, -0.2) is 0 Å². The van der Waals surface area contributed by atoms with Gasteiger partial charge in [0.25, 0.3) is 5.56 Å². The lowest BCUT2D eigenvalue weighted by Crippen LogP contribution is -2.24. The molecule has 0 bridgehead atoms. The molecular weight excluding hydrogens is 410 g/mol. The molecule has 0 saturated carbocycles. The first-order chi connectivity index (χ1) is 16.1. The zero-order valence-electron chi connectivity index (χ0n) is 18.3. The number of esters is 1. The highest BCUT2D eigenvalue weighted by atomic mass is 16.5. The van der Waals surface area contributed by atoms with Crippen LogP contribution in [0.25, 0.3) is 16.4 Å². The van der Waals surface area contributed by atoms with Crippen LogP contribution in [-0.4, -0.2) is 10.4 Å². The second-order valence-corrected chi connectivity index (χ2v) is 8.12. The SMILES string of the molecule is CC(=O)Oc1c(Cc2ccccc2)c(=O)n2c(ccc3ccccc32)c1Cc1ccccc1. The number of nitrogens with zero attached hydrogens (tertiary/aromatic N) is 1. The summed E-state index contributed by atoms with van der Waals surface area (Å²) < 4.78 is 7.53. The van der Waals surface area contributed by atoms with Crippen LogP contribution in [0.1, 0.15) is 29.2 Å². The summed E-state index contributed by atoms with van der Waals surface area (Å²) in [6, 6.07) is 31.6. The molecular formula is C29H23NO3. The molecule has 5 rings (SSSR count). The molecule has 0 spiro atoms. The van der Waals surface area contributed by atoms with E-state index in [0.29, 0.717) is 24.2 Å². The van der Waals surface area contributed by atoms with Crippen LogP contribution >= 0.6 is 0 Å². The molecule has 0 radical (unpaired) electrons. The van der Waals surface area contributed by atoms with E-state index in [1.807, 2.05) is 97.1 Å². The van der Waals surface area contributed by atoms with Crippen molar-refractivity contribution < 1.29 is 9.53 Å². The lowest BCUT2D eigenvalue weighted by atomic mass is 9.97. The number of aromatic nitrogens is 1. The van der Waals surface area contributed by atoms with Gasteiger partial charge in [-0.3, -0.25) is 14.0 Å². The lowest BCUT2D eigenvalue weighted by molar-refractivity contribution is -0.132. The summed E-state index contributed by atoms with van der Waals surface area (Å²) in [5, 5.41) is 0.976. The number of fused-ring (bicyclic) bond motifs is 3. The molecule has 3 aromatic carbocycles. The van der Waals surface area contributed by atoms with Crippen molar-refractivity contribution in [2.75, 3.05) is 0 Å². The van der Waals surface area contributed by atoms with Gasteiger partial charge >= 0.3 is 5.97 Å². The smallest absolute Gasteiger partial charge is 0.308 e. The monoisotopic (exact) mass is 433 g/mol. The van der Waals surface area contributed by atoms with Crippen molar-refractivity contribution >= 4 is 22.4 Å². The van der Waals surface area contributed by atoms with E-state index in [9.17, 15) is 9.59 Å². The van der Waals surface area contributed by atoms with Crippen LogP contribution < -0.4 is 10.3 Å². The van der Waals surface area contributed by atoms with Gasteiger partial charge in [0.15, 0.2) is 0 Å². The van der Waals surface area contributed by atoms with E-state index >= 15 is 0 Å². The van der Waals surface area contributed by atoms with Gasteiger partial charge in [0.05, 0.1) is 16.6 Å². The van der Waals surface area contributed by atoms with Gasteiger partial charge in [0.1, 0.15) is 5.75 Å². The Morgan fingerprint density at radius 1 is 0.697 bits per heavy atom. The van der Waals surface area contributed by atoms with E-state index in [-0.39, 0.29) is 5.56 Å². The molecule has 33 heavy (non-hydrogen) atoms. The van der Waals surface area contributed by atoms with Crippen LogP contribution in [0.3, 0.4) is 0 Å². The molecule has 2 heterocycles. The molecule has 0 aliphatic rings. The number of carbonyl (C=O) groups is 1. The molecule has 0 N–H and O–H groups in total. The van der Waals surface area contributed by atoms with Crippen LogP contribution in [0.2, 0.25) is 0 Å². The fourth-order valence-corrected chi connectivity index (χ4v) is 4.38. The van der Waals surface area contributed by atoms with Crippen LogP contribution in [0.5, 0.6) is 5.75 Å². The standard InChI is InChI=1S/C29H23NO3/c1-20(31)33-28-24(18-21-10-4-2-5-11-21)27-17-16-23-14-8-9-15-26(23)30(27)29(32)25(28)19-22-12-6-3-7-13-22/h2-17H,18-19H2,1H3. The number of hydrogen-bond acceptors (Lipinski definition) is 3. The van der Waals surface area contributed by atoms with E-state index in [1.54, 1.807) is 4.40 Å². The van der Waals surface area contributed by atoms with E-state index in [2.05, 4.69) is 0 Å². The van der Waals surface area contributed by atoms with Crippen molar-refractivity contribution in [1.29, 1.82) is 0 Å². The molecule has 2 aromatic heterocycles. The van der Waals surface area contributed by atoms with Crippen molar-refractivity contribution in [2.24, 2.45) is 0 Å². The largest absolute Gasteiger partial charge is 0.426 e. The predicted molar refractivity (Wildman–Crippen MR) is 131 cm³/mol. The molecule has 0 amide bonds. The third-order valence-corrected chi connectivity index (χ3v) is 5.85. The minimum absolute atomic E-state index is 0.168. The molecule has 5 aromatic rings. The Balaban J connectivity index is 1.87. The van der Waals surface area contributed by atoms with Gasteiger partial charge in [-0.05, 0) is 28.6 Å². The third kappa shape index (κ3) is 4.03. The normalized spacial score (nSPS) is 11.1. The number of carbonyl (C=O) groups excluding carboxylic acids is 1. The number of rotatable bonds is 5. The maximum Gasteiger partial charge on any atom is 0.308 e. The highest BCUT2D eigenvalue weighted by molar-refractivity contribution is 5.85. The van der Waals surface area contributed by atoms with E-state index < -0.39 is 5.97 Å². The Morgan fingerprint density at radius 3 is 1.91 bits per heavy atom. The average molecular weight is 434 g/mol. The van der Waals surface area contributed by atoms with Crippen molar-refractivity contribution in [1.82, 2.24) is 4.40 Å². The molecule has 0 aliphatic heterocycles. The molecule has 0 fully saturated rings. The average Bonchev–Trinajstić information content (AvgIpc) is 2.84. The summed E-state index contributed by atoms with van der Waals surface area (Å²) in [5.41, 5.74) is 4.77. The summed E-state index contributed by atoms with van der Waals surface area (Å²) >= 11 is 0. The molecule has 0 saturated heterocycles. The maximum atomic E-state index is 13.9. The number of para-hydroxylation sites is 1. The molecule has 0 unspecified atom stereocenters. The number of benzene rings is 3. The summed E-state index contributed by atoms with van der Waals surface area (Å²) in [5.74, 6) is -0.0707. The molecule has 0 aliphatic carbocycles. The first kappa shape index (κ1) is 20.7. The van der Waals surface area contributed by atoms with Gasteiger partial charge < -0.3 is 4.74 Å². The second kappa shape index (κ2) is 8.75. The summed E-state index contributed by atoms with van der Waals surface area (Å²) in [4.78, 5) is 26.1. The Hall–Kier alpha value is -4.18. The first-order valence-electron chi connectivity index (χ1n) is 11.0. The number of hydrogen-bond donors (Lipinski definition) is 0. The maximum absolute atomic E-state index is 13.9. The Morgan fingerprint density at radius 2 is 1.27 bits per heavy atom. The number of ether oxygens (including phenoxy) is 1. The third-order valence-electron chi connectivity index (χ3n) is 5.85. The summed E-state index contributed by atoms with van der Waals surface area (Å²) in [7, 11) is 0. The summed E-state index contributed by atoms with van der Waals surface area (Å²) in [6.45, 7) is 1.38. The second-order valence-electron chi connectivity index (χ2n) is 8.12. The Kier molecular flexibility index (Phi) is 5.49. The van der Waals surface area contributed by atoms with Gasteiger partial charge in [-0.15, -0.1) is 0 Å². The topological polar surface area (TPSA) is 47.8 Å². The van der Waals surface area contributed by atoms with E-state index in [1.165, 1.54) is 6.92 Å². The fraction of sp³-hybridized carbons (Fsp3) is 0.103. The van der Waals surface area contributed by atoms with Crippen LogP contribution in [0, 0.1) is 0 Å². The Labute approximate surface area is 191 Å². The Bertz CT molecular complexity index is 1520. The first-order valence-corrected chi connectivity index (χ1v) is 11.0. The zero-order valence-corrected chi connectivity index (χ0v) is 18.3. The van der Waals surface area contributed by atoms with Gasteiger partial charge in [0.2, 0.25) is 0 Å². The van der Waals surface area contributed by atoms with Crippen molar-refractivity contribution in [2.45, 2.75) is 19.8 Å². The zero-order chi connectivity index (χ0) is 22.8. The van der Waals surface area contributed by atoms with Crippen molar-refractivity contribution in [3.8, 4) is 5.75 Å². The van der Waals surface area contributed by atoms with Crippen molar-refractivity contribution in [3.63, 3.8) is 0 Å². The van der Waals surface area contributed by atoms with E-state index in [0.717, 1.165) is 33.1 Å². The van der Waals surface area contributed by atoms with Crippen LogP contribution in [0.4, 0.5) is 0 Å². The highest BCUT2D eigenvalue weighted by Crippen LogP contribution is 2.32. The minimum atomic E-state index is -0.442. The quantitative estimate of drug-likeness (QED) is 0.269. The molecule has 4 heteroatoms. The molecule has 4 nitrogen and oxygen atoms in total. The van der Waals surface area contributed by atoms with E-state index in [4.69, 9.17) is 4.74 Å². The number of pyridine rings is 2. The minimum Gasteiger partial charge on any atom is -0.426 e. The highest BCUT2D eigenvalue weighted by Gasteiger charge is 2.22. The van der Waals surface area contributed by atoms with Crippen LogP contribution in [0.15, 0.2) is 102 Å².